The van der Waals surface area contributed by atoms with E-state index >= 15 is 0 Å². The Morgan fingerprint density at radius 2 is 1.92 bits per heavy atom. The van der Waals surface area contributed by atoms with Crippen molar-refractivity contribution in [1.29, 1.82) is 0 Å². The highest BCUT2D eigenvalue weighted by Crippen LogP contribution is 2.23. The van der Waals surface area contributed by atoms with E-state index in [1.807, 2.05) is 30.3 Å². The first-order chi connectivity index (χ1) is 11.7. The van der Waals surface area contributed by atoms with Gasteiger partial charge in [0, 0.05) is 16.1 Å². The molecule has 1 heterocycles. The molecule has 3 aromatic rings. The largest absolute Gasteiger partial charge is 0.497 e. The van der Waals surface area contributed by atoms with Crippen molar-refractivity contribution in [2.45, 2.75) is 6.61 Å². The highest BCUT2D eigenvalue weighted by atomic mass is 79.9. The third-order valence-corrected chi connectivity index (χ3v) is 4.07. The van der Waals surface area contributed by atoms with Crippen molar-refractivity contribution in [3.63, 3.8) is 0 Å². The van der Waals surface area contributed by atoms with E-state index in [-0.39, 0.29) is 6.61 Å². The molecule has 0 spiro atoms. The van der Waals surface area contributed by atoms with E-state index < -0.39 is 5.97 Å². The van der Waals surface area contributed by atoms with Crippen LogP contribution < -0.4 is 4.74 Å². The molecule has 0 radical (unpaired) electrons. The number of halogens is 1. The Morgan fingerprint density at radius 3 is 2.62 bits per heavy atom. The maximum atomic E-state index is 12.1. The van der Waals surface area contributed by atoms with Gasteiger partial charge in [0.25, 0.3) is 0 Å². The van der Waals surface area contributed by atoms with Crippen molar-refractivity contribution >= 4 is 21.9 Å². The number of hydrogen-bond donors (Lipinski definition) is 0. The number of methoxy groups -OCH3 is 1. The number of benzene rings is 2. The summed E-state index contributed by atoms with van der Waals surface area (Å²) in [7, 11) is 1.61. The van der Waals surface area contributed by atoms with E-state index in [9.17, 15) is 4.79 Å². The van der Waals surface area contributed by atoms with Crippen LogP contribution in [0.3, 0.4) is 0 Å². The number of nitrogens with zero attached hydrogens (tertiary/aromatic N) is 1. The van der Waals surface area contributed by atoms with Crippen molar-refractivity contribution in [2.75, 3.05) is 7.11 Å². The molecule has 0 aliphatic heterocycles. The van der Waals surface area contributed by atoms with Gasteiger partial charge in [0.2, 0.25) is 0 Å². The fourth-order valence-electron chi connectivity index (χ4n) is 2.12. The number of ether oxygens (including phenoxy) is 2. The van der Waals surface area contributed by atoms with Crippen LogP contribution in [-0.4, -0.2) is 18.2 Å². The Kier molecular flexibility index (Phi) is 4.96. The normalized spacial score (nSPS) is 10.4. The van der Waals surface area contributed by atoms with Crippen molar-refractivity contribution in [2.24, 2.45) is 0 Å². The van der Waals surface area contributed by atoms with Crippen molar-refractivity contribution in [1.82, 2.24) is 5.16 Å². The molecule has 0 N–H and O–H groups in total. The standard InChI is InChI=1S/C18H14BrNO4/c1-22-14-8-6-12(7-9-14)17-10-13(20-24-17)11-23-18(21)15-4-2-3-5-16(15)19/h2-10H,11H2,1H3. The quantitative estimate of drug-likeness (QED) is 0.604. The van der Waals surface area contributed by atoms with Crippen LogP contribution in [0.5, 0.6) is 5.75 Å². The number of carbonyl (C=O) groups is 1. The monoisotopic (exact) mass is 387 g/mol. The van der Waals surface area contributed by atoms with Gasteiger partial charge in [-0.15, -0.1) is 0 Å². The molecule has 6 heteroatoms. The third-order valence-electron chi connectivity index (χ3n) is 3.38. The second-order valence-corrected chi connectivity index (χ2v) is 5.82. The lowest BCUT2D eigenvalue weighted by molar-refractivity contribution is 0.0463. The zero-order chi connectivity index (χ0) is 16.9. The number of rotatable bonds is 5. The van der Waals surface area contributed by atoms with Gasteiger partial charge in [0.15, 0.2) is 5.76 Å². The zero-order valence-corrected chi connectivity index (χ0v) is 14.4. The van der Waals surface area contributed by atoms with Crippen molar-refractivity contribution in [3.05, 3.63) is 70.3 Å². The molecule has 5 nitrogen and oxygen atoms in total. The molecule has 0 aliphatic rings. The summed E-state index contributed by atoms with van der Waals surface area (Å²) in [6.07, 6.45) is 0. The van der Waals surface area contributed by atoms with Crippen LogP contribution in [-0.2, 0) is 11.3 Å². The fraction of sp³-hybridized carbons (Fsp3) is 0.111. The summed E-state index contributed by atoms with van der Waals surface area (Å²) in [6, 6.07) is 16.3. The number of aromatic nitrogens is 1. The summed E-state index contributed by atoms with van der Waals surface area (Å²) in [4.78, 5) is 12.1. The molecule has 0 saturated heterocycles. The summed E-state index contributed by atoms with van der Waals surface area (Å²) in [5.74, 6) is 0.946. The van der Waals surface area contributed by atoms with E-state index in [0.717, 1.165) is 11.3 Å². The fourth-order valence-corrected chi connectivity index (χ4v) is 2.56. The van der Waals surface area contributed by atoms with Gasteiger partial charge in [-0.3, -0.25) is 0 Å². The SMILES string of the molecule is COc1ccc(-c2cc(COC(=O)c3ccccc3Br)no2)cc1. The van der Waals surface area contributed by atoms with Gasteiger partial charge >= 0.3 is 5.97 Å². The molecular formula is C18H14BrNO4. The van der Waals surface area contributed by atoms with Gasteiger partial charge in [0.1, 0.15) is 18.1 Å². The van der Waals surface area contributed by atoms with Crippen LogP contribution >= 0.6 is 15.9 Å². The van der Waals surface area contributed by atoms with Crippen LogP contribution in [0.1, 0.15) is 16.1 Å². The van der Waals surface area contributed by atoms with E-state index in [1.54, 1.807) is 31.4 Å². The second kappa shape index (κ2) is 7.31. The molecule has 0 amide bonds. The average Bonchev–Trinajstić information content (AvgIpc) is 3.09. The van der Waals surface area contributed by atoms with Gasteiger partial charge in [-0.2, -0.15) is 0 Å². The van der Waals surface area contributed by atoms with E-state index in [0.29, 0.717) is 21.5 Å². The summed E-state index contributed by atoms with van der Waals surface area (Å²) in [5.41, 5.74) is 1.88. The van der Waals surface area contributed by atoms with Gasteiger partial charge in [-0.05, 0) is 52.3 Å². The van der Waals surface area contributed by atoms with Gasteiger partial charge in [0.05, 0.1) is 12.7 Å². The molecular weight excluding hydrogens is 374 g/mol. The van der Waals surface area contributed by atoms with Gasteiger partial charge in [-0.25, -0.2) is 4.79 Å². The number of esters is 1. The van der Waals surface area contributed by atoms with Crippen molar-refractivity contribution < 1.29 is 18.8 Å². The molecule has 0 unspecified atom stereocenters. The first-order valence-electron chi connectivity index (χ1n) is 7.19. The number of carbonyl (C=O) groups excluding carboxylic acids is 1. The molecule has 1 aromatic heterocycles. The summed E-state index contributed by atoms with van der Waals surface area (Å²) >= 11 is 3.32. The van der Waals surface area contributed by atoms with Gasteiger partial charge in [-0.1, -0.05) is 17.3 Å². The maximum Gasteiger partial charge on any atom is 0.339 e. The third kappa shape index (κ3) is 3.65. The topological polar surface area (TPSA) is 61.6 Å². The molecule has 122 valence electrons. The highest BCUT2D eigenvalue weighted by molar-refractivity contribution is 9.10. The zero-order valence-electron chi connectivity index (χ0n) is 12.9. The van der Waals surface area contributed by atoms with Crippen LogP contribution in [0.15, 0.2) is 63.6 Å². The van der Waals surface area contributed by atoms with E-state index in [1.165, 1.54) is 0 Å². The average molecular weight is 388 g/mol. The predicted octanol–water partition coefficient (Wildman–Crippen LogP) is 4.47. The minimum Gasteiger partial charge on any atom is -0.497 e. The Labute approximate surface area is 147 Å². The van der Waals surface area contributed by atoms with Crippen LogP contribution in [0.25, 0.3) is 11.3 Å². The summed E-state index contributed by atoms with van der Waals surface area (Å²) in [6.45, 7) is 0.0415. The summed E-state index contributed by atoms with van der Waals surface area (Å²) in [5, 5.41) is 3.93. The van der Waals surface area contributed by atoms with Gasteiger partial charge < -0.3 is 14.0 Å². The van der Waals surface area contributed by atoms with Crippen molar-refractivity contribution in [3.8, 4) is 17.1 Å². The molecule has 3 rings (SSSR count). The van der Waals surface area contributed by atoms with E-state index in [2.05, 4.69) is 21.1 Å². The van der Waals surface area contributed by atoms with E-state index in [4.69, 9.17) is 14.0 Å². The van der Waals surface area contributed by atoms with Crippen LogP contribution in [0, 0.1) is 0 Å². The predicted molar refractivity (Wildman–Crippen MR) is 91.8 cm³/mol. The Hall–Kier alpha value is -2.60. The molecule has 0 fully saturated rings. The smallest absolute Gasteiger partial charge is 0.339 e. The van der Waals surface area contributed by atoms with Crippen LogP contribution in [0.2, 0.25) is 0 Å². The Bertz CT molecular complexity index is 842. The molecule has 0 saturated carbocycles. The first-order valence-corrected chi connectivity index (χ1v) is 7.98. The molecule has 0 bridgehead atoms. The molecule has 2 aromatic carbocycles. The Morgan fingerprint density at radius 1 is 1.17 bits per heavy atom. The minimum absolute atomic E-state index is 0.0415. The Balaban J connectivity index is 1.66. The van der Waals surface area contributed by atoms with Crippen LogP contribution in [0.4, 0.5) is 0 Å². The lowest BCUT2D eigenvalue weighted by atomic mass is 10.1. The molecule has 0 atom stereocenters. The minimum atomic E-state index is -0.420. The lowest BCUT2D eigenvalue weighted by Crippen LogP contribution is -2.06. The molecule has 24 heavy (non-hydrogen) atoms. The second-order valence-electron chi connectivity index (χ2n) is 4.97. The highest BCUT2D eigenvalue weighted by Gasteiger charge is 2.13. The first kappa shape index (κ1) is 16.3. The summed E-state index contributed by atoms with van der Waals surface area (Å²) < 4.78 is 16.4. The number of hydrogen-bond acceptors (Lipinski definition) is 5. The lowest BCUT2D eigenvalue weighted by Gasteiger charge is -2.03. The maximum absolute atomic E-state index is 12.1. The molecule has 0 aliphatic carbocycles.